The molecule has 0 aliphatic rings. The highest BCUT2D eigenvalue weighted by molar-refractivity contribution is 8.76. The van der Waals surface area contributed by atoms with Gasteiger partial charge in [-0.1, -0.05) is 77.9 Å². The van der Waals surface area contributed by atoms with Crippen LogP contribution in [0.25, 0.3) is 0 Å². The summed E-state index contributed by atoms with van der Waals surface area (Å²) in [6.45, 7) is 8.89. The molecule has 0 fully saturated rings. The zero-order valence-corrected chi connectivity index (χ0v) is 34.5. The molecule has 3 aromatic rings. The van der Waals surface area contributed by atoms with Gasteiger partial charge in [0.05, 0.1) is 37.5 Å². The van der Waals surface area contributed by atoms with Crippen molar-refractivity contribution < 1.29 is 28.2 Å². The van der Waals surface area contributed by atoms with Crippen LogP contribution in [-0.4, -0.2) is 69.7 Å². The molecule has 0 radical (unpaired) electrons. The van der Waals surface area contributed by atoms with Crippen LogP contribution in [0.2, 0.25) is 0 Å². The fourth-order valence-corrected chi connectivity index (χ4v) is 8.96. The van der Waals surface area contributed by atoms with Gasteiger partial charge < -0.3 is 25.4 Å². The van der Waals surface area contributed by atoms with Crippen LogP contribution in [0, 0.1) is 11.3 Å². The van der Waals surface area contributed by atoms with E-state index in [1.54, 1.807) is 6.20 Å². The molecule has 3 atom stereocenters. The van der Waals surface area contributed by atoms with Crippen molar-refractivity contribution in [2.24, 2.45) is 5.73 Å². The molecular formula is C40H53N6O6PS2. The molecule has 0 saturated carbocycles. The van der Waals surface area contributed by atoms with E-state index >= 15 is 0 Å². The number of hydrogen-bond acceptors (Lipinski definition) is 11. The number of primary amides is 1. The highest BCUT2D eigenvalue weighted by Crippen LogP contribution is 2.46. The van der Waals surface area contributed by atoms with Crippen LogP contribution < -0.4 is 16.4 Å². The number of benzene rings is 2. The lowest BCUT2D eigenvalue weighted by molar-refractivity contribution is -0.131. The van der Waals surface area contributed by atoms with E-state index in [2.05, 4.69) is 54.1 Å². The smallest absolute Gasteiger partial charge is 0.259 e. The second-order valence-corrected chi connectivity index (χ2v) is 17.1. The molecule has 296 valence electrons. The van der Waals surface area contributed by atoms with Gasteiger partial charge in [-0.25, -0.2) is 9.65 Å². The number of nitrogens with two attached hydrogens (primary N) is 1. The maximum Gasteiger partial charge on any atom is 0.259 e. The summed E-state index contributed by atoms with van der Waals surface area (Å²) in [6.07, 6.45) is 3.72. The third kappa shape index (κ3) is 17.7. The minimum atomic E-state index is -1.40. The van der Waals surface area contributed by atoms with E-state index in [0.29, 0.717) is 19.3 Å². The minimum Gasteiger partial charge on any atom is -0.370 e. The van der Waals surface area contributed by atoms with E-state index in [1.165, 1.54) is 21.6 Å². The molecule has 0 aliphatic heterocycles. The summed E-state index contributed by atoms with van der Waals surface area (Å²) in [5.74, 6) is -1.31. The Morgan fingerprint density at radius 1 is 0.873 bits per heavy atom. The first-order valence-electron chi connectivity index (χ1n) is 18.4. The summed E-state index contributed by atoms with van der Waals surface area (Å²) < 4.78 is 14.4. The first kappa shape index (κ1) is 45.6. The van der Waals surface area contributed by atoms with Crippen LogP contribution >= 0.6 is 30.1 Å². The summed E-state index contributed by atoms with van der Waals surface area (Å²) in [6, 6.07) is 23.1. The van der Waals surface area contributed by atoms with Crippen molar-refractivity contribution in [3.05, 3.63) is 95.7 Å². The summed E-state index contributed by atoms with van der Waals surface area (Å²) in [5.41, 5.74) is 7.86. The maximum atomic E-state index is 13.9. The molecule has 0 bridgehead atoms. The Hall–Kier alpha value is -3.83. The first-order chi connectivity index (χ1) is 26.5. The summed E-state index contributed by atoms with van der Waals surface area (Å²) in [4.78, 5) is 56.4. The molecule has 3 amide bonds. The maximum absolute atomic E-state index is 13.9. The third-order valence-corrected chi connectivity index (χ3v) is 12.4. The van der Waals surface area contributed by atoms with Crippen LogP contribution in [0.1, 0.15) is 76.5 Å². The average molecular weight is 809 g/mol. The summed E-state index contributed by atoms with van der Waals surface area (Å²) >= 11 is 0. The van der Waals surface area contributed by atoms with Gasteiger partial charge in [-0.05, 0) is 80.2 Å². The van der Waals surface area contributed by atoms with Gasteiger partial charge in [0.2, 0.25) is 17.7 Å². The Kier molecular flexibility index (Phi) is 21.0. The lowest BCUT2D eigenvalue weighted by atomic mass is 9.97. The molecule has 3 unspecified atom stereocenters. The van der Waals surface area contributed by atoms with E-state index in [1.807, 2.05) is 72.8 Å². The molecular weight excluding hydrogens is 756 g/mol. The molecule has 3 rings (SSSR count). The Morgan fingerprint density at radius 2 is 1.56 bits per heavy atom. The van der Waals surface area contributed by atoms with E-state index in [4.69, 9.17) is 20.0 Å². The normalized spacial score (nSPS) is 12.9. The lowest BCUT2D eigenvalue weighted by Gasteiger charge is -2.35. The predicted molar refractivity (Wildman–Crippen MR) is 219 cm³/mol. The van der Waals surface area contributed by atoms with Crippen LogP contribution in [0.4, 0.5) is 0 Å². The number of pyridine rings is 1. The molecule has 1 aromatic heterocycles. The van der Waals surface area contributed by atoms with Gasteiger partial charge in [-0.15, -0.1) is 0 Å². The average Bonchev–Trinajstić information content (AvgIpc) is 3.15. The number of Topliss-reactive ketones (excluding diaryl/α,β-unsaturated/α-hetero) is 1. The third-order valence-electron chi connectivity index (χ3n) is 8.18. The summed E-state index contributed by atoms with van der Waals surface area (Å²) in [5, 5.41) is 15.6. The number of carbonyl (C=O) groups is 4. The highest BCUT2D eigenvalue weighted by Gasteiger charge is 2.29. The van der Waals surface area contributed by atoms with E-state index < -0.39 is 32.4 Å². The van der Waals surface area contributed by atoms with Gasteiger partial charge in [0.25, 0.3) is 8.53 Å². The Balaban J connectivity index is 1.69. The second kappa shape index (κ2) is 25.4. The van der Waals surface area contributed by atoms with Gasteiger partial charge >= 0.3 is 0 Å². The quantitative estimate of drug-likeness (QED) is 0.0448. The van der Waals surface area contributed by atoms with Crippen LogP contribution in [0.15, 0.2) is 84.0 Å². The molecule has 2 aromatic carbocycles. The molecule has 0 aliphatic carbocycles. The number of aromatic nitrogens is 1. The monoisotopic (exact) mass is 808 g/mol. The molecule has 12 nitrogen and oxygen atoms in total. The fraction of sp³-hybridized carbons (Fsp3) is 0.450. The fourth-order valence-electron chi connectivity index (χ4n) is 5.59. The van der Waals surface area contributed by atoms with E-state index in [0.717, 1.165) is 21.7 Å². The van der Waals surface area contributed by atoms with Crippen molar-refractivity contribution >= 4 is 53.6 Å². The van der Waals surface area contributed by atoms with Crippen molar-refractivity contribution in [3.8, 4) is 6.07 Å². The molecule has 4 N–H and O–H groups in total. The van der Waals surface area contributed by atoms with Gasteiger partial charge in [-0.2, -0.15) is 5.26 Å². The van der Waals surface area contributed by atoms with Crippen molar-refractivity contribution in [3.63, 3.8) is 0 Å². The van der Waals surface area contributed by atoms with Gasteiger partial charge in [0, 0.05) is 37.5 Å². The number of nitriles is 1. The highest BCUT2D eigenvalue weighted by atomic mass is 33.1. The largest absolute Gasteiger partial charge is 0.370 e. The van der Waals surface area contributed by atoms with Crippen LogP contribution in [0.5, 0.6) is 0 Å². The van der Waals surface area contributed by atoms with E-state index in [-0.39, 0.29) is 68.4 Å². The molecule has 55 heavy (non-hydrogen) atoms. The Labute approximate surface area is 334 Å². The number of hydrogen-bond donors (Lipinski definition) is 3. The van der Waals surface area contributed by atoms with Gasteiger partial charge in [-0.3, -0.25) is 19.2 Å². The Bertz CT molecular complexity index is 1660. The zero-order valence-electron chi connectivity index (χ0n) is 32.0. The van der Waals surface area contributed by atoms with Gasteiger partial charge in [0.15, 0.2) is 5.78 Å². The van der Waals surface area contributed by atoms with Crippen molar-refractivity contribution in [1.29, 1.82) is 5.26 Å². The number of nitrogens with one attached hydrogen (secondary N) is 2. The van der Waals surface area contributed by atoms with Gasteiger partial charge in [0.1, 0.15) is 11.1 Å². The van der Waals surface area contributed by atoms with E-state index in [9.17, 15) is 19.2 Å². The Morgan fingerprint density at radius 3 is 2.20 bits per heavy atom. The lowest BCUT2D eigenvalue weighted by Crippen LogP contribution is -2.53. The van der Waals surface area contributed by atoms with Crippen molar-refractivity contribution in [2.75, 3.05) is 12.4 Å². The number of carbonyl (C=O) groups excluding carboxylic acids is 4. The van der Waals surface area contributed by atoms with Crippen LogP contribution in [-0.2, 0) is 47.7 Å². The summed E-state index contributed by atoms with van der Waals surface area (Å²) in [7, 11) is 1.28. The first-order valence-corrected chi connectivity index (χ1v) is 21.9. The van der Waals surface area contributed by atoms with Crippen LogP contribution in [0.3, 0.4) is 0 Å². The number of amides is 3. The SMILES string of the molecule is CC(C)N(C(C)C)P(OCCC#N)OCc1ccc(CC(=O)C(CCCCC(N)=O)NC(=O)C(Cc2ccccc2)NC(=O)CSSc2ccccn2)cc1. The number of rotatable bonds is 26. The topological polar surface area (TPSA) is 177 Å². The predicted octanol–water partition coefficient (Wildman–Crippen LogP) is 6.68. The second-order valence-electron chi connectivity index (χ2n) is 13.4. The number of ketones is 1. The van der Waals surface area contributed by atoms with Crippen molar-refractivity contribution in [1.82, 2.24) is 20.3 Å². The zero-order chi connectivity index (χ0) is 40.0. The molecule has 0 saturated heterocycles. The minimum absolute atomic E-state index is 0.0669. The van der Waals surface area contributed by atoms with Crippen molar-refractivity contribution in [2.45, 2.75) is 108 Å². The number of unbranched alkanes of at least 4 members (excludes halogenated alkanes) is 1. The standard InChI is InChI=1S/C40H53N6O6PS2/c1-29(2)46(30(3)4)53(51-24-12-22-41)52-27-33-20-18-32(19-21-33)26-36(47)34(15-8-9-16-37(42)48)45-40(50)35(25-31-13-6-5-7-14-31)44-38(49)28-54-55-39-17-10-11-23-43-39/h5-7,10-11,13-14,17-21,23,29-30,34-35H,8-9,12,15-16,24-28H2,1-4H3,(H2,42,48)(H,44,49)(H,45,50). The molecule has 1 heterocycles. The molecule has 0 spiro atoms. The molecule has 15 heteroatoms. The number of nitrogens with zero attached hydrogens (tertiary/aromatic N) is 3.